The summed E-state index contributed by atoms with van der Waals surface area (Å²) in [5.74, 6) is 0.873. The van der Waals surface area contributed by atoms with Gasteiger partial charge < -0.3 is 10.1 Å². The van der Waals surface area contributed by atoms with Gasteiger partial charge in [-0.3, -0.25) is 0 Å². The van der Waals surface area contributed by atoms with Crippen LogP contribution in [-0.4, -0.2) is 25.3 Å². The second kappa shape index (κ2) is 4.42. The van der Waals surface area contributed by atoms with E-state index >= 15 is 0 Å². The van der Waals surface area contributed by atoms with Crippen LogP contribution in [0.1, 0.15) is 46.5 Å². The molecule has 1 saturated carbocycles. The summed E-state index contributed by atoms with van der Waals surface area (Å²) < 4.78 is 5.81. The van der Waals surface area contributed by atoms with Crippen molar-refractivity contribution in [2.75, 3.05) is 13.2 Å². The van der Waals surface area contributed by atoms with Crippen molar-refractivity contribution in [1.29, 1.82) is 0 Å². The zero-order valence-corrected chi connectivity index (χ0v) is 10.4. The maximum atomic E-state index is 5.81. The first-order chi connectivity index (χ1) is 7.13. The lowest BCUT2D eigenvalue weighted by Gasteiger charge is -2.45. The molecule has 1 aliphatic carbocycles. The third-order valence-electron chi connectivity index (χ3n) is 4.64. The van der Waals surface area contributed by atoms with E-state index in [0.29, 0.717) is 17.6 Å². The van der Waals surface area contributed by atoms with Crippen LogP contribution in [0, 0.1) is 11.3 Å². The second-order valence-electron chi connectivity index (χ2n) is 5.82. The SMILES string of the molecule is CCC(C)(C)C1CCC2OCCNC2C1. The van der Waals surface area contributed by atoms with E-state index in [9.17, 15) is 0 Å². The molecule has 0 aromatic heterocycles. The fraction of sp³-hybridized carbons (Fsp3) is 1.00. The highest BCUT2D eigenvalue weighted by Gasteiger charge is 2.38. The van der Waals surface area contributed by atoms with Gasteiger partial charge in [-0.2, -0.15) is 0 Å². The Kier molecular flexibility index (Phi) is 3.36. The van der Waals surface area contributed by atoms with Crippen LogP contribution < -0.4 is 5.32 Å². The van der Waals surface area contributed by atoms with E-state index < -0.39 is 0 Å². The Balaban J connectivity index is 1.96. The Bertz CT molecular complexity index is 215. The van der Waals surface area contributed by atoms with Gasteiger partial charge in [0.25, 0.3) is 0 Å². The minimum absolute atomic E-state index is 0.502. The summed E-state index contributed by atoms with van der Waals surface area (Å²) in [5.41, 5.74) is 0.504. The van der Waals surface area contributed by atoms with Gasteiger partial charge in [0.2, 0.25) is 0 Å². The van der Waals surface area contributed by atoms with Crippen molar-refractivity contribution in [2.24, 2.45) is 11.3 Å². The number of rotatable bonds is 2. The molecule has 0 aromatic carbocycles. The fourth-order valence-electron chi connectivity index (χ4n) is 3.01. The van der Waals surface area contributed by atoms with Crippen LogP contribution in [0.15, 0.2) is 0 Å². The number of hydrogen-bond acceptors (Lipinski definition) is 2. The highest BCUT2D eigenvalue weighted by Crippen LogP contribution is 2.41. The van der Waals surface area contributed by atoms with Crippen LogP contribution >= 0.6 is 0 Å². The summed E-state index contributed by atoms with van der Waals surface area (Å²) in [6, 6.07) is 0.628. The summed E-state index contributed by atoms with van der Waals surface area (Å²) in [5, 5.41) is 3.62. The van der Waals surface area contributed by atoms with E-state index in [0.717, 1.165) is 19.1 Å². The zero-order valence-electron chi connectivity index (χ0n) is 10.4. The van der Waals surface area contributed by atoms with Crippen molar-refractivity contribution in [3.63, 3.8) is 0 Å². The smallest absolute Gasteiger partial charge is 0.0728 e. The first-order valence-electron chi connectivity index (χ1n) is 6.48. The van der Waals surface area contributed by atoms with Crippen molar-refractivity contribution < 1.29 is 4.74 Å². The molecule has 2 nitrogen and oxygen atoms in total. The van der Waals surface area contributed by atoms with Crippen molar-refractivity contribution in [1.82, 2.24) is 5.32 Å². The Morgan fingerprint density at radius 3 is 2.87 bits per heavy atom. The van der Waals surface area contributed by atoms with Crippen molar-refractivity contribution >= 4 is 0 Å². The molecule has 0 spiro atoms. The van der Waals surface area contributed by atoms with Crippen LogP contribution in [0.3, 0.4) is 0 Å². The monoisotopic (exact) mass is 211 g/mol. The third kappa shape index (κ3) is 2.36. The van der Waals surface area contributed by atoms with Gasteiger partial charge in [0.15, 0.2) is 0 Å². The molecule has 15 heavy (non-hydrogen) atoms. The normalized spacial score (nSPS) is 37.4. The predicted octanol–water partition coefficient (Wildman–Crippen LogP) is 2.58. The Labute approximate surface area is 93.8 Å². The summed E-state index contributed by atoms with van der Waals surface area (Å²) in [4.78, 5) is 0. The number of nitrogens with one attached hydrogen (secondary N) is 1. The largest absolute Gasteiger partial charge is 0.375 e. The molecular weight excluding hydrogens is 186 g/mol. The lowest BCUT2D eigenvalue weighted by atomic mass is 9.67. The molecule has 2 rings (SSSR count). The standard InChI is InChI=1S/C13H25NO/c1-4-13(2,3)10-5-6-12-11(9-10)14-7-8-15-12/h10-12,14H,4-9H2,1-3H3. The van der Waals surface area contributed by atoms with Crippen molar-refractivity contribution in [2.45, 2.75) is 58.6 Å². The number of morpholine rings is 1. The number of ether oxygens (including phenoxy) is 1. The zero-order chi connectivity index (χ0) is 10.9. The van der Waals surface area contributed by atoms with Crippen LogP contribution in [0.5, 0.6) is 0 Å². The van der Waals surface area contributed by atoms with Gasteiger partial charge in [-0.15, -0.1) is 0 Å². The van der Waals surface area contributed by atoms with Gasteiger partial charge in [-0.25, -0.2) is 0 Å². The van der Waals surface area contributed by atoms with E-state index in [1.54, 1.807) is 0 Å². The van der Waals surface area contributed by atoms with Gasteiger partial charge in [-0.1, -0.05) is 27.2 Å². The van der Waals surface area contributed by atoms with Gasteiger partial charge in [-0.05, 0) is 30.6 Å². The molecule has 2 heteroatoms. The maximum absolute atomic E-state index is 5.81. The number of fused-ring (bicyclic) bond motifs is 1. The van der Waals surface area contributed by atoms with Gasteiger partial charge in [0, 0.05) is 12.6 Å². The summed E-state index contributed by atoms with van der Waals surface area (Å²) in [7, 11) is 0. The minimum atomic E-state index is 0.502. The Morgan fingerprint density at radius 2 is 2.13 bits per heavy atom. The molecule has 1 N–H and O–H groups in total. The third-order valence-corrected chi connectivity index (χ3v) is 4.64. The van der Waals surface area contributed by atoms with Gasteiger partial charge >= 0.3 is 0 Å². The summed E-state index contributed by atoms with van der Waals surface area (Å²) in [6.45, 7) is 9.10. The van der Waals surface area contributed by atoms with Crippen molar-refractivity contribution in [3.8, 4) is 0 Å². The lowest BCUT2D eigenvalue weighted by Crippen LogP contribution is -2.52. The molecule has 88 valence electrons. The summed E-state index contributed by atoms with van der Waals surface area (Å²) >= 11 is 0. The highest BCUT2D eigenvalue weighted by molar-refractivity contribution is 4.92. The fourth-order valence-corrected chi connectivity index (χ4v) is 3.01. The van der Waals surface area contributed by atoms with Gasteiger partial charge in [0.05, 0.1) is 12.7 Å². The Hall–Kier alpha value is -0.0800. The molecule has 3 atom stereocenters. The lowest BCUT2D eigenvalue weighted by molar-refractivity contribution is -0.0483. The van der Waals surface area contributed by atoms with E-state index in [1.165, 1.54) is 25.7 Å². The van der Waals surface area contributed by atoms with Crippen molar-refractivity contribution in [3.05, 3.63) is 0 Å². The van der Waals surface area contributed by atoms with Crippen LogP contribution in [0.4, 0.5) is 0 Å². The first-order valence-corrected chi connectivity index (χ1v) is 6.48. The molecule has 1 heterocycles. The van der Waals surface area contributed by atoms with Crippen LogP contribution in [-0.2, 0) is 4.74 Å². The molecule has 3 unspecified atom stereocenters. The second-order valence-corrected chi connectivity index (χ2v) is 5.82. The molecular formula is C13H25NO. The van der Waals surface area contributed by atoms with E-state index in [-0.39, 0.29) is 0 Å². The topological polar surface area (TPSA) is 21.3 Å². The van der Waals surface area contributed by atoms with E-state index in [2.05, 4.69) is 26.1 Å². The maximum Gasteiger partial charge on any atom is 0.0728 e. The minimum Gasteiger partial charge on any atom is -0.375 e. The molecule has 0 aromatic rings. The van der Waals surface area contributed by atoms with Gasteiger partial charge in [0.1, 0.15) is 0 Å². The molecule has 1 aliphatic heterocycles. The molecule has 1 saturated heterocycles. The number of hydrogen-bond donors (Lipinski definition) is 1. The Morgan fingerprint density at radius 1 is 1.33 bits per heavy atom. The molecule has 2 fully saturated rings. The highest BCUT2D eigenvalue weighted by atomic mass is 16.5. The van der Waals surface area contributed by atoms with Crippen LogP contribution in [0.2, 0.25) is 0 Å². The average molecular weight is 211 g/mol. The quantitative estimate of drug-likeness (QED) is 0.758. The molecule has 2 aliphatic rings. The first kappa shape index (κ1) is 11.4. The van der Waals surface area contributed by atoms with E-state index in [4.69, 9.17) is 4.74 Å². The molecule has 0 amide bonds. The predicted molar refractivity (Wildman–Crippen MR) is 62.9 cm³/mol. The van der Waals surface area contributed by atoms with E-state index in [1.807, 2.05) is 0 Å². The van der Waals surface area contributed by atoms with Crippen LogP contribution in [0.25, 0.3) is 0 Å². The average Bonchev–Trinajstić information content (AvgIpc) is 2.28. The molecule has 0 radical (unpaired) electrons. The molecule has 0 bridgehead atoms. The summed E-state index contributed by atoms with van der Waals surface area (Å²) in [6.07, 6.45) is 5.71.